The van der Waals surface area contributed by atoms with Gasteiger partial charge in [0.05, 0.1) is 16.8 Å². The average Bonchev–Trinajstić information content (AvgIpc) is 2.45. The molecule has 0 fully saturated rings. The van der Waals surface area contributed by atoms with Gasteiger partial charge >= 0.3 is 0 Å². The number of nitrogens with two attached hydrogens (primary N) is 1. The number of carbonyl (C=O) groups is 1. The fourth-order valence-electron chi connectivity index (χ4n) is 1.94. The van der Waals surface area contributed by atoms with E-state index in [4.69, 9.17) is 17.3 Å². The van der Waals surface area contributed by atoms with Gasteiger partial charge < -0.3 is 16.2 Å². The van der Waals surface area contributed by atoms with Crippen LogP contribution in [0.1, 0.15) is 11.1 Å². The number of nitrogens with one attached hydrogen (secondary N) is 1. The molecule has 5 heteroatoms. The maximum atomic E-state index is 12.1. The first kappa shape index (κ1) is 15.4. The molecule has 0 radical (unpaired) electrons. The van der Waals surface area contributed by atoms with Gasteiger partial charge in [-0.25, -0.2) is 0 Å². The summed E-state index contributed by atoms with van der Waals surface area (Å²) in [6, 6.07) is 11.3. The van der Waals surface area contributed by atoms with Crippen molar-refractivity contribution in [3.63, 3.8) is 0 Å². The normalized spacial score (nSPS) is 12.0. The highest BCUT2D eigenvalue weighted by molar-refractivity contribution is 6.33. The van der Waals surface area contributed by atoms with E-state index in [0.717, 1.165) is 11.1 Å². The molecule has 0 saturated carbocycles. The van der Waals surface area contributed by atoms with Crippen LogP contribution in [0.2, 0.25) is 5.02 Å². The number of benzene rings is 2. The summed E-state index contributed by atoms with van der Waals surface area (Å²) in [5.74, 6) is -0.112. The molecule has 2 aromatic rings. The summed E-state index contributed by atoms with van der Waals surface area (Å²) in [4.78, 5) is 12.1. The van der Waals surface area contributed by atoms with E-state index in [9.17, 15) is 9.90 Å². The van der Waals surface area contributed by atoms with Crippen LogP contribution in [0.25, 0.3) is 0 Å². The van der Waals surface area contributed by atoms with Crippen molar-refractivity contribution < 1.29 is 9.90 Å². The van der Waals surface area contributed by atoms with Gasteiger partial charge in [0.25, 0.3) is 0 Å². The first-order chi connectivity index (χ1) is 9.95. The van der Waals surface area contributed by atoms with Crippen LogP contribution in [0, 0.1) is 6.92 Å². The fourth-order valence-corrected chi connectivity index (χ4v) is 2.10. The summed E-state index contributed by atoms with van der Waals surface area (Å²) >= 11 is 6.04. The highest BCUT2D eigenvalue weighted by Crippen LogP contribution is 2.23. The van der Waals surface area contributed by atoms with Gasteiger partial charge in [-0.15, -0.1) is 0 Å². The van der Waals surface area contributed by atoms with Gasteiger partial charge in [0, 0.05) is 0 Å². The molecule has 0 aliphatic carbocycles. The summed E-state index contributed by atoms with van der Waals surface area (Å²) in [7, 11) is 0. The highest BCUT2D eigenvalue weighted by atomic mass is 35.5. The lowest BCUT2D eigenvalue weighted by Crippen LogP contribution is -2.37. The van der Waals surface area contributed by atoms with E-state index in [1.807, 2.05) is 13.0 Å². The zero-order chi connectivity index (χ0) is 15.4. The summed E-state index contributed by atoms with van der Waals surface area (Å²) in [5, 5.41) is 12.4. The van der Waals surface area contributed by atoms with Crippen LogP contribution in [0.3, 0.4) is 0 Å². The third-order valence-corrected chi connectivity index (χ3v) is 3.44. The number of phenolic OH excluding ortho intramolecular Hbond substituents is 1. The van der Waals surface area contributed by atoms with Crippen molar-refractivity contribution in [1.29, 1.82) is 0 Å². The van der Waals surface area contributed by atoms with Gasteiger partial charge in [-0.3, -0.25) is 4.79 Å². The van der Waals surface area contributed by atoms with Gasteiger partial charge in [-0.05, 0) is 48.7 Å². The number of halogens is 1. The van der Waals surface area contributed by atoms with Gasteiger partial charge in [0.2, 0.25) is 5.91 Å². The van der Waals surface area contributed by atoms with Crippen LogP contribution in [0.15, 0.2) is 42.5 Å². The molecule has 0 aliphatic rings. The number of hydrogen-bond donors (Lipinski definition) is 3. The zero-order valence-electron chi connectivity index (χ0n) is 11.6. The van der Waals surface area contributed by atoms with Crippen molar-refractivity contribution in [2.24, 2.45) is 5.73 Å². The molecular formula is C16H17ClN2O2. The third-order valence-electron chi connectivity index (χ3n) is 3.11. The second-order valence-corrected chi connectivity index (χ2v) is 5.36. The highest BCUT2D eigenvalue weighted by Gasteiger charge is 2.15. The molecule has 110 valence electrons. The molecule has 0 saturated heterocycles. The molecular weight excluding hydrogens is 288 g/mol. The second-order valence-electron chi connectivity index (χ2n) is 4.95. The lowest BCUT2D eigenvalue weighted by Gasteiger charge is -2.14. The molecule has 0 heterocycles. The Balaban J connectivity index is 2.02. The number of rotatable bonds is 4. The predicted molar refractivity (Wildman–Crippen MR) is 84.6 cm³/mol. The van der Waals surface area contributed by atoms with E-state index >= 15 is 0 Å². The summed E-state index contributed by atoms with van der Waals surface area (Å²) in [5.41, 5.74) is 8.35. The number of aryl methyl sites for hydroxylation is 1. The topological polar surface area (TPSA) is 75.4 Å². The molecule has 2 aromatic carbocycles. The summed E-state index contributed by atoms with van der Waals surface area (Å²) in [6.07, 6.45) is 0.384. The van der Waals surface area contributed by atoms with Crippen molar-refractivity contribution in [2.45, 2.75) is 19.4 Å². The monoisotopic (exact) mass is 304 g/mol. The van der Waals surface area contributed by atoms with Crippen LogP contribution in [-0.2, 0) is 11.2 Å². The minimum atomic E-state index is -0.689. The summed E-state index contributed by atoms with van der Waals surface area (Å²) < 4.78 is 0. The molecule has 0 unspecified atom stereocenters. The summed E-state index contributed by atoms with van der Waals surface area (Å²) in [6.45, 7) is 1.92. The quantitative estimate of drug-likeness (QED) is 0.813. The standard InChI is InChI=1S/C16H17ClN2O2/c1-10-2-7-13(17)15(8-10)19-16(21)14(18)9-11-3-5-12(20)6-4-11/h2-8,14,20H,9,18H2,1H3,(H,19,21)/t14-/m0/s1. The van der Waals surface area contributed by atoms with E-state index in [2.05, 4.69) is 5.32 Å². The Kier molecular flexibility index (Phi) is 4.83. The minimum absolute atomic E-state index is 0.184. The Hall–Kier alpha value is -2.04. The first-order valence-electron chi connectivity index (χ1n) is 6.56. The van der Waals surface area contributed by atoms with Crippen LogP contribution in [0.5, 0.6) is 5.75 Å². The average molecular weight is 305 g/mol. The lowest BCUT2D eigenvalue weighted by atomic mass is 10.1. The Bertz CT molecular complexity index is 641. The molecule has 21 heavy (non-hydrogen) atoms. The van der Waals surface area contributed by atoms with E-state index < -0.39 is 6.04 Å². The Morgan fingerprint density at radius 2 is 1.95 bits per heavy atom. The van der Waals surface area contributed by atoms with Crippen molar-refractivity contribution in [2.75, 3.05) is 5.32 Å². The fraction of sp³-hybridized carbons (Fsp3) is 0.188. The van der Waals surface area contributed by atoms with Crippen LogP contribution < -0.4 is 11.1 Å². The second kappa shape index (κ2) is 6.61. The van der Waals surface area contributed by atoms with Crippen LogP contribution in [0.4, 0.5) is 5.69 Å². The van der Waals surface area contributed by atoms with Crippen molar-refractivity contribution in [3.05, 3.63) is 58.6 Å². The molecule has 0 bridgehead atoms. The number of hydrogen-bond acceptors (Lipinski definition) is 3. The molecule has 1 atom stereocenters. The van der Waals surface area contributed by atoms with Crippen molar-refractivity contribution in [1.82, 2.24) is 0 Å². The number of amides is 1. The largest absolute Gasteiger partial charge is 0.508 e. The molecule has 0 spiro atoms. The SMILES string of the molecule is Cc1ccc(Cl)c(NC(=O)[C@@H](N)Cc2ccc(O)cc2)c1. The smallest absolute Gasteiger partial charge is 0.241 e. The maximum absolute atomic E-state index is 12.1. The van der Waals surface area contributed by atoms with Crippen molar-refractivity contribution in [3.8, 4) is 5.75 Å². The first-order valence-corrected chi connectivity index (χ1v) is 6.94. The van der Waals surface area contributed by atoms with E-state index in [-0.39, 0.29) is 11.7 Å². The minimum Gasteiger partial charge on any atom is -0.508 e. The molecule has 2 rings (SSSR count). The van der Waals surface area contributed by atoms with Gasteiger partial charge in [0.15, 0.2) is 0 Å². The molecule has 0 aliphatic heterocycles. The van der Waals surface area contributed by atoms with Gasteiger partial charge in [-0.2, -0.15) is 0 Å². The molecule has 4 nitrogen and oxygen atoms in total. The van der Waals surface area contributed by atoms with Crippen molar-refractivity contribution >= 4 is 23.2 Å². The number of phenols is 1. The van der Waals surface area contributed by atoms with Gasteiger partial charge in [0.1, 0.15) is 5.75 Å². The number of aromatic hydroxyl groups is 1. The molecule has 0 aromatic heterocycles. The van der Waals surface area contributed by atoms with E-state index in [1.54, 1.807) is 36.4 Å². The number of carbonyl (C=O) groups excluding carboxylic acids is 1. The van der Waals surface area contributed by atoms with E-state index in [1.165, 1.54) is 0 Å². The third kappa shape index (κ3) is 4.21. The Morgan fingerprint density at radius 1 is 1.29 bits per heavy atom. The van der Waals surface area contributed by atoms with E-state index in [0.29, 0.717) is 17.1 Å². The maximum Gasteiger partial charge on any atom is 0.241 e. The lowest BCUT2D eigenvalue weighted by molar-refractivity contribution is -0.117. The molecule has 4 N–H and O–H groups in total. The zero-order valence-corrected chi connectivity index (χ0v) is 12.4. The Labute approximate surface area is 128 Å². The predicted octanol–water partition coefficient (Wildman–Crippen LogP) is 2.86. The van der Waals surface area contributed by atoms with Crippen LogP contribution >= 0.6 is 11.6 Å². The number of anilines is 1. The molecule has 1 amide bonds. The Morgan fingerprint density at radius 3 is 2.62 bits per heavy atom. The van der Waals surface area contributed by atoms with Gasteiger partial charge in [-0.1, -0.05) is 29.8 Å². The van der Waals surface area contributed by atoms with Crippen LogP contribution in [-0.4, -0.2) is 17.1 Å².